The first kappa shape index (κ1) is 21.3. The summed E-state index contributed by atoms with van der Waals surface area (Å²) < 4.78 is 0. The number of carbonyl (C=O) groups excluding carboxylic acids is 2. The molecule has 2 aliphatic rings. The molecule has 1 heterocycles. The number of hydrogen-bond donors (Lipinski definition) is 3. The number of carbonyl (C=O) groups is 3. The van der Waals surface area contributed by atoms with Gasteiger partial charge in [-0.15, -0.1) is 11.3 Å². The van der Waals surface area contributed by atoms with Crippen molar-refractivity contribution in [2.45, 2.75) is 33.1 Å². The van der Waals surface area contributed by atoms with Crippen LogP contribution in [0.5, 0.6) is 0 Å². The zero-order valence-electron chi connectivity index (χ0n) is 17.7. The van der Waals surface area contributed by atoms with Crippen molar-refractivity contribution in [3.8, 4) is 11.1 Å². The van der Waals surface area contributed by atoms with Crippen molar-refractivity contribution < 1.29 is 19.5 Å². The van der Waals surface area contributed by atoms with Gasteiger partial charge in [0.1, 0.15) is 5.00 Å². The number of rotatable bonds is 6. The van der Waals surface area contributed by atoms with E-state index in [-0.39, 0.29) is 23.3 Å². The van der Waals surface area contributed by atoms with Gasteiger partial charge < -0.3 is 16.2 Å². The topological polar surface area (TPSA) is 109 Å². The van der Waals surface area contributed by atoms with Crippen molar-refractivity contribution in [1.29, 1.82) is 0 Å². The average Bonchev–Trinajstić information content (AvgIpc) is 3.40. The van der Waals surface area contributed by atoms with E-state index in [9.17, 15) is 19.5 Å². The van der Waals surface area contributed by atoms with Gasteiger partial charge in [0.05, 0.1) is 17.4 Å². The monoisotopic (exact) mass is 438 g/mol. The zero-order chi connectivity index (χ0) is 22.4. The van der Waals surface area contributed by atoms with E-state index in [4.69, 9.17) is 5.73 Å². The first-order valence-corrected chi connectivity index (χ1v) is 11.3. The summed E-state index contributed by atoms with van der Waals surface area (Å²) >= 11 is 1.29. The SMILES string of the molecule is Cc1sc(NC(=O)[C@@H]2[C@@H](C(=O)O)[C@H]3C=C[C@H]2C3)c(C(N)=O)c1-c1ccc(C(C)C)cc1. The molecule has 2 aromatic rings. The molecule has 1 saturated carbocycles. The maximum atomic E-state index is 13.1. The Kier molecular flexibility index (Phi) is 5.47. The lowest BCUT2D eigenvalue weighted by atomic mass is 9.82. The molecule has 0 saturated heterocycles. The second kappa shape index (κ2) is 7.96. The molecule has 4 atom stereocenters. The highest BCUT2D eigenvalue weighted by Gasteiger charge is 2.51. The highest BCUT2D eigenvalue weighted by molar-refractivity contribution is 7.17. The van der Waals surface area contributed by atoms with Gasteiger partial charge in [-0.1, -0.05) is 50.3 Å². The first-order valence-electron chi connectivity index (χ1n) is 10.4. The normalized spacial score (nSPS) is 24.0. The number of carboxylic acids is 1. The molecule has 2 amide bonds. The number of fused-ring (bicyclic) bond motifs is 2. The lowest BCUT2D eigenvalue weighted by Gasteiger charge is -2.23. The molecule has 2 bridgehead atoms. The molecular formula is C24H26N2O4S. The minimum absolute atomic E-state index is 0.0905. The number of aliphatic carboxylic acids is 1. The molecule has 4 N–H and O–H groups in total. The van der Waals surface area contributed by atoms with Crippen LogP contribution in [0.15, 0.2) is 36.4 Å². The standard InChI is InChI=1S/C24H26N2O4S/c1-11(2)13-4-6-14(7-5-13)17-12(3)31-23(20(17)21(25)27)26-22(28)18-15-8-9-16(10-15)19(18)24(29)30/h4-9,11,15-16,18-19H,10H2,1-3H3,(H2,25,27)(H,26,28)(H,29,30)/t15-,16-,18-,19-/m0/s1. The molecule has 0 spiro atoms. The van der Waals surface area contributed by atoms with Crippen molar-refractivity contribution in [3.05, 3.63) is 52.4 Å². The third-order valence-corrected chi connectivity index (χ3v) is 7.50. The van der Waals surface area contributed by atoms with Crippen LogP contribution >= 0.6 is 11.3 Å². The van der Waals surface area contributed by atoms with Gasteiger partial charge in [-0.3, -0.25) is 14.4 Å². The maximum absolute atomic E-state index is 13.1. The van der Waals surface area contributed by atoms with Crippen molar-refractivity contribution in [1.82, 2.24) is 0 Å². The fraction of sp³-hybridized carbons (Fsp3) is 0.375. The fourth-order valence-electron chi connectivity index (χ4n) is 4.96. The Hall–Kier alpha value is -2.93. The van der Waals surface area contributed by atoms with Gasteiger partial charge in [0.25, 0.3) is 5.91 Å². The van der Waals surface area contributed by atoms with Crippen molar-refractivity contribution >= 4 is 34.1 Å². The minimum atomic E-state index is -0.958. The molecule has 4 rings (SSSR count). The molecule has 0 unspecified atom stereocenters. The van der Waals surface area contributed by atoms with Crippen LogP contribution in [0.1, 0.15) is 47.0 Å². The molecule has 6 nitrogen and oxygen atoms in total. The Morgan fingerprint density at radius 1 is 1.10 bits per heavy atom. The summed E-state index contributed by atoms with van der Waals surface area (Å²) in [6.45, 7) is 6.12. The Balaban J connectivity index is 1.67. The number of allylic oxidation sites excluding steroid dienone is 2. The summed E-state index contributed by atoms with van der Waals surface area (Å²) in [5.74, 6) is -3.15. The van der Waals surface area contributed by atoms with Crippen molar-refractivity contribution in [2.75, 3.05) is 5.32 Å². The largest absolute Gasteiger partial charge is 0.481 e. The number of aryl methyl sites for hydroxylation is 1. The first-order chi connectivity index (χ1) is 14.7. The average molecular weight is 439 g/mol. The zero-order valence-corrected chi connectivity index (χ0v) is 18.5. The van der Waals surface area contributed by atoms with Gasteiger partial charge in [0.2, 0.25) is 5.91 Å². The highest BCUT2D eigenvalue weighted by Crippen LogP contribution is 2.49. The molecule has 7 heteroatoms. The number of carboxylic acid groups (broad SMARTS) is 1. The molecule has 1 aromatic heterocycles. The van der Waals surface area contributed by atoms with Gasteiger partial charge >= 0.3 is 5.97 Å². The van der Waals surface area contributed by atoms with E-state index in [0.717, 1.165) is 10.4 Å². The molecule has 1 fully saturated rings. The van der Waals surface area contributed by atoms with Crippen LogP contribution in [0.2, 0.25) is 0 Å². The Morgan fingerprint density at radius 3 is 2.26 bits per heavy atom. The smallest absolute Gasteiger partial charge is 0.307 e. The second-order valence-corrected chi connectivity index (χ2v) is 9.93. The van der Waals surface area contributed by atoms with E-state index in [1.807, 2.05) is 43.3 Å². The molecule has 0 aliphatic heterocycles. The minimum Gasteiger partial charge on any atom is -0.481 e. The molecule has 2 aliphatic carbocycles. The fourth-order valence-corrected chi connectivity index (χ4v) is 6.05. The molecule has 1 aromatic carbocycles. The van der Waals surface area contributed by atoms with Crippen LogP contribution in [0, 0.1) is 30.6 Å². The number of amides is 2. The quantitative estimate of drug-likeness (QED) is 0.580. The van der Waals surface area contributed by atoms with Crippen LogP contribution in [0.3, 0.4) is 0 Å². The number of benzene rings is 1. The summed E-state index contributed by atoms with van der Waals surface area (Å²) in [7, 11) is 0. The lowest BCUT2D eigenvalue weighted by molar-refractivity contribution is -0.146. The second-order valence-electron chi connectivity index (χ2n) is 8.71. The van der Waals surface area contributed by atoms with E-state index < -0.39 is 23.7 Å². The van der Waals surface area contributed by atoms with Gasteiger partial charge in [0, 0.05) is 10.4 Å². The summed E-state index contributed by atoms with van der Waals surface area (Å²) in [6.07, 6.45) is 4.51. The lowest BCUT2D eigenvalue weighted by Crippen LogP contribution is -2.36. The number of primary amides is 1. The predicted molar refractivity (Wildman–Crippen MR) is 121 cm³/mol. The van der Waals surface area contributed by atoms with Crippen LogP contribution in [0.25, 0.3) is 11.1 Å². The maximum Gasteiger partial charge on any atom is 0.307 e. The van der Waals surface area contributed by atoms with E-state index in [0.29, 0.717) is 22.9 Å². The van der Waals surface area contributed by atoms with E-state index in [1.54, 1.807) is 0 Å². The number of hydrogen-bond acceptors (Lipinski definition) is 4. The van der Waals surface area contributed by atoms with Crippen LogP contribution in [-0.4, -0.2) is 22.9 Å². The number of nitrogens with two attached hydrogens (primary N) is 1. The van der Waals surface area contributed by atoms with Crippen LogP contribution in [-0.2, 0) is 9.59 Å². The summed E-state index contributed by atoms with van der Waals surface area (Å²) in [5.41, 5.74) is 8.76. The number of nitrogens with one attached hydrogen (secondary N) is 1. The van der Waals surface area contributed by atoms with Gasteiger partial charge in [-0.25, -0.2) is 0 Å². The summed E-state index contributed by atoms with van der Waals surface area (Å²) in [6, 6.07) is 7.98. The molecule has 162 valence electrons. The Labute approximate surface area is 185 Å². The van der Waals surface area contributed by atoms with Gasteiger partial charge in [0.15, 0.2) is 0 Å². The van der Waals surface area contributed by atoms with E-state index in [1.165, 1.54) is 16.9 Å². The van der Waals surface area contributed by atoms with Gasteiger partial charge in [-0.2, -0.15) is 0 Å². The van der Waals surface area contributed by atoms with Crippen molar-refractivity contribution in [3.63, 3.8) is 0 Å². The highest BCUT2D eigenvalue weighted by atomic mass is 32.1. The summed E-state index contributed by atoms with van der Waals surface area (Å²) in [4.78, 5) is 38.1. The van der Waals surface area contributed by atoms with Gasteiger partial charge in [-0.05, 0) is 42.2 Å². The van der Waals surface area contributed by atoms with E-state index in [2.05, 4.69) is 19.2 Å². The Morgan fingerprint density at radius 2 is 1.71 bits per heavy atom. The number of thiophene rings is 1. The van der Waals surface area contributed by atoms with Crippen molar-refractivity contribution in [2.24, 2.45) is 29.4 Å². The molecule has 0 radical (unpaired) electrons. The Bertz CT molecular complexity index is 1080. The van der Waals surface area contributed by atoms with Crippen LogP contribution in [0.4, 0.5) is 5.00 Å². The number of anilines is 1. The predicted octanol–water partition coefficient (Wildman–Crippen LogP) is 4.41. The van der Waals surface area contributed by atoms with Crippen LogP contribution < -0.4 is 11.1 Å². The molecule has 31 heavy (non-hydrogen) atoms. The third kappa shape index (κ3) is 3.67. The summed E-state index contributed by atoms with van der Waals surface area (Å²) in [5, 5.41) is 12.9. The van der Waals surface area contributed by atoms with E-state index >= 15 is 0 Å². The third-order valence-electron chi connectivity index (χ3n) is 6.48. The molecular weight excluding hydrogens is 412 g/mol.